The fourth-order valence-corrected chi connectivity index (χ4v) is 5.63. The molecule has 4 rings (SSSR count). The van der Waals surface area contributed by atoms with Crippen molar-refractivity contribution in [2.45, 2.75) is 43.7 Å². The number of sulfonamides is 1. The number of pyridine rings is 1. The lowest BCUT2D eigenvalue weighted by molar-refractivity contribution is -0.125. The molecule has 1 aromatic heterocycles. The Morgan fingerprint density at radius 1 is 1.17 bits per heavy atom. The molecule has 0 saturated carbocycles. The van der Waals surface area contributed by atoms with Gasteiger partial charge < -0.3 is 5.32 Å². The van der Waals surface area contributed by atoms with Gasteiger partial charge in [-0.1, -0.05) is 6.07 Å². The van der Waals surface area contributed by atoms with E-state index in [9.17, 15) is 18.0 Å². The third kappa shape index (κ3) is 3.82. The number of fused-ring (bicyclic) bond motifs is 1. The number of anilines is 1. The van der Waals surface area contributed by atoms with E-state index in [2.05, 4.69) is 10.3 Å². The second-order valence-corrected chi connectivity index (χ2v) is 9.49. The van der Waals surface area contributed by atoms with Gasteiger partial charge in [-0.15, -0.1) is 0 Å². The highest BCUT2D eigenvalue weighted by atomic mass is 32.2. The van der Waals surface area contributed by atoms with Crippen molar-refractivity contribution < 1.29 is 18.0 Å². The van der Waals surface area contributed by atoms with Crippen LogP contribution in [-0.4, -0.2) is 48.7 Å². The Morgan fingerprint density at radius 3 is 2.60 bits per heavy atom. The fourth-order valence-electron chi connectivity index (χ4n) is 4.06. The van der Waals surface area contributed by atoms with E-state index in [0.717, 1.165) is 18.5 Å². The molecule has 2 aliphatic heterocycles. The van der Waals surface area contributed by atoms with Crippen LogP contribution in [0.25, 0.3) is 0 Å². The molecule has 1 fully saturated rings. The van der Waals surface area contributed by atoms with E-state index in [0.29, 0.717) is 24.3 Å². The number of amides is 2. The first-order valence-corrected chi connectivity index (χ1v) is 11.4. The molecule has 0 bridgehead atoms. The van der Waals surface area contributed by atoms with Crippen molar-refractivity contribution in [1.29, 1.82) is 0 Å². The number of aromatic nitrogens is 1. The average molecular weight is 429 g/mol. The summed E-state index contributed by atoms with van der Waals surface area (Å²) in [6, 6.07) is 9.48. The van der Waals surface area contributed by atoms with E-state index in [1.54, 1.807) is 24.4 Å². The maximum Gasteiger partial charge on any atom is 0.243 e. The number of nitrogens with zero attached hydrogens (tertiary/aromatic N) is 3. The van der Waals surface area contributed by atoms with Crippen LogP contribution in [0, 0.1) is 0 Å². The lowest BCUT2D eigenvalue weighted by Gasteiger charge is -2.23. The second kappa shape index (κ2) is 8.16. The minimum absolute atomic E-state index is 0.209. The molecule has 0 radical (unpaired) electrons. The van der Waals surface area contributed by atoms with Crippen LogP contribution in [0.4, 0.5) is 5.69 Å². The molecule has 1 atom stereocenters. The lowest BCUT2D eigenvalue weighted by atomic mass is 10.1. The smallest absolute Gasteiger partial charge is 0.243 e. The lowest BCUT2D eigenvalue weighted by Crippen LogP contribution is -2.47. The summed E-state index contributed by atoms with van der Waals surface area (Å²) in [4.78, 5) is 31.0. The van der Waals surface area contributed by atoms with Gasteiger partial charge in [-0.25, -0.2) is 8.42 Å². The predicted molar refractivity (Wildman–Crippen MR) is 111 cm³/mol. The number of rotatable bonds is 5. The number of hydrogen-bond donors (Lipinski definition) is 1. The Labute approximate surface area is 175 Å². The maximum atomic E-state index is 12.9. The first-order valence-electron chi connectivity index (χ1n) is 9.98. The van der Waals surface area contributed by atoms with Gasteiger partial charge in [0.2, 0.25) is 21.8 Å². The summed E-state index contributed by atoms with van der Waals surface area (Å²) in [7, 11) is -3.56. The number of carbonyl (C=O) groups is 2. The molecule has 8 nitrogen and oxygen atoms in total. The Kier molecular flexibility index (Phi) is 5.57. The van der Waals surface area contributed by atoms with Gasteiger partial charge in [0.25, 0.3) is 0 Å². The third-order valence-corrected chi connectivity index (χ3v) is 7.44. The Balaban J connectivity index is 1.56. The first kappa shape index (κ1) is 20.5. The molecule has 1 saturated heterocycles. The fraction of sp³-hybridized carbons (Fsp3) is 0.381. The van der Waals surface area contributed by atoms with E-state index in [-0.39, 0.29) is 29.7 Å². The Morgan fingerprint density at radius 2 is 1.93 bits per heavy atom. The average Bonchev–Trinajstić information content (AvgIpc) is 3.40. The zero-order chi connectivity index (χ0) is 21.3. The summed E-state index contributed by atoms with van der Waals surface area (Å²) in [5, 5.41) is 2.83. The Hall–Kier alpha value is -2.78. The second-order valence-electron chi connectivity index (χ2n) is 7.55. The van der Waals surface area contributed by atoms with Crippen LogP contribution in [0.1, 0.15) is 31.0 Å². The molecule has 30 heavy (non-hydrogen) atoms. The number of carbonyl (C=O) groups excluding carboxylic acids is 2. The summed E-state index contributed by atoms with van der Waals surface area (Å²) in [6.45, 7) is 2.71. The van der Waals surface area contributed by atoms with Crippen molar-refractivity contribution in [1.82, 2.24) is 14.6 Å². The monoisotopic (exact) mass is 428 g/mol. The largest absolute Gasteiger partial charge is 0.349 e. The van der Waals surface area contributed by atoms with E-state index in [1.807, 2.05) is 12.1 Å². The van der Waals surface area contributed by atoms with Crippen LogP contribution < -0.4 is 10.2 Å². The van der Waals surface area contributed by atoms with Crippen molar-refractivity contribution in [3.05, 3.63) is 53.9 Å². The van der Waals surface area contributed by atoms with Crippen molar-refractivity contribution in [2.24, 2.45) is 0 Å². The standard InChI is InChI=1S/C21H24N4O4S/c1-15(26)25-19-8-7-18(30(28,29)24-10-4-5-11-24)12-16(19)13-20(25)21(27)23-14-17-6-2-3-9-22-17/h2-3,6-9,12,20H,4-5,10-11,13-14H2,1H3,(H,23,27)/t20-/m1/s1. The van der Waals surface area contributed by atoms with Gasteiger partial charge in [0, 0.05) is 38.3 Å². The summed E-state index contributed by atoms with van der Waals surface area (Å²) in [5.74, 6) is -0.558. The van der Waals surface area contributed by atoms with Crippen LogP contribution in [0.5, 0.6) is 0 Å². The van der Waals surface area contributed by atoms with E-state index < -0.39 is 16.1 Å². The summed E-state index contributed by atoms with van der Waals surface area (Å²) >= 11 is 0. The maximum absolute atomic E-state index is 12.9. The van der Waals surface area contributed by atoms with E-state index >= 15 is 0 Å². The number of hydrogen-bond acceptors (Lipinski definition) is 5. The van der Waals surface area contributed by atoms with Crippen LogP contribution in [0.3, 0.4) is 0 Å². The van der Waals surface area contributed by atoms with Gasteiger partial charge in [0.15, 0.2) is 0 Å². The van der Waals surface area contributed by atoms with Gasteiger partial charge in [-0.2, -0.15) is 4.31 Å². The first-order chi connectivity index (χ1) is 14.4. The normalized spacial score (nSPS) is 19.0. The summed E-state index contributed by atoms with van der Waals surface area (Å²) in [5.41, 5.74) is 1.99. The van der Waals surface area contributed by atoms with Gasteiger partial charge in [-0.05, 0) is 48.7 Å². The minimum Gasteiger partial charge on any atom is -0.349 e. The van der Waals surface area contributed by atoms with Gasteiger partial charge in [-0.3, -0.25) is 19.5 Å². The predicted octanol–water partition coefficient (Wildman–Crippen LogP) is 1.46. The van der Waals surface area contributed by atoms with Crippen LogP contribution >= 0.6 is 0 Å². The van der Waals surface area contributed by atoms with Crippen LogP contribution in [-0.2, 0) is 32.6 Å². The molecule has 158 valence electrons. The number of nitrogens with one attached hydrogen (secondary N) is 1. The molecule has 9 heteroatoms. The molecule has 2 aromatic rings. The molecule has 0 unspecified atom stereocenters. The minimum atomic E-state index is -3.56. The number of benzene rings is 1. The SMILES string of the molecule is CC(=O)N1c2ccc(S(=O)(=O)N3CCCC3)cc2C[C@@H]1C(=O)NCc1ccccn1. The zero-order valence-corrected chi connectivity index (χ0v) is 17.6. The molecule has 1 aromatic carbocycles. The third-order valence-electron chi connectivity index (χ3n) is 5.55. The molecular formula is C21H24N4O4S. The van der Waals surface area contributed by atoms with E-state index in [4.69, 9.17) is 0 Å². The molecule has 0 spiro atoms. The van der Waals surface area contributed by atoms with E-state index in [1.165, 1.54) is 22.2 Å². The molecule has 2 aliphatic rings. The van der Waals surface area contributed by atoms with Gasteiger partial charge in [0.1, 0.15) is 6.04 Å². The summed E-state index contributed by atoms with van der Waals surface area (Å²) in [6.07, 6.45) is 3.64. The van der Waals surface area contributed by atoms with Gasteiger partial charge in [0.05, 0.1) is 17.1 Å². The Bertz CT molecular complexity index is 1070. The molecule has 2 amide bonds. The van der Waals surface area contributed by atoms with Crippen molar-refractivity contribution in [3.63, 3.8) is 0 Å². The van der Waals surface area contributed by atoms with Crippen LogP contribution in [0.15, 0.2) is 47.5 Å². The molecular weight excluding hydrogens is 404 g/mol. The van der Waals surface area contributed by atoms with Crippen molar-refractivity contribution >= 4 is 27.5 Å². The topological polar surface area (TPSA) is 99.7 Å². The molecule has 0 aliphatic carbocycles. The molecule has 1 N–H and O–H groups in total. The summed E-state index contributed by atoms with van der Waals surface area (Å²) < 4.78 is 27.3. The highest BCUT2D eigenvalue weighted by Crippen LogP contribution is 2.35. The quantitative estimate of drug-likeness (QED) is 0.777. The molecule has 3 heterocycles. The zero-order valence-electron chi connectivity index (χ0n) is 16.7. The highest BCUT2D eigenvalue weighted by molar-refractivity contribution is 7.89. The van der Waals surface area contributed by atoms with Crippen LogP contribution in [0.2, 0.25) is 0 Å². The van der Waals surface area contributed by atoms with Gasteiger partial charge >= 0.3 is 0 Å². The van der Waals surface area contributed by atoms with Crippen molar-refractivity contribution in [3.8, 4) is 0 Å². The highest BCUT2D eigenvalue weighted by Gasteiger charge is 2.38. The van der Waals surface area contributed by atoms with Crippen molar-refractivity contribution in [2.75, 3.05) is 18.0 Å².